The Balaban J connectivity index is 2.80. The predicted octanol–water partition coefficient (Wildman–Crippen LogP) is 1.19. The summed E-state index contributed by atoms with van der Waals surface area (Å²) in [5.41, 5.74) is -0.636. The summed E-state index contributed by atoms with van der Waals surface area (Å²) in [5, 5.41) is 5.12. The SMILES string of the molecule is CNC(=O)CN1CCC/C=C\CC(NC(=O)OC(C)(C)C)C1=O. The first-order chi connectivity index (χ1) is 10.7. The molecule has 0 aromatic carbocycles. The summed E-state index contributed by atoms with van der Waals surface area (Å²) in [5.74, 6) is -0.507. The molecule has 1 atom stereocenters. The van der Waals surface area contributed by atoms with Crippen LogP contribution in [-0.2, 0) is 14.3 Å². The second kappa shape index (κ2) is 8.55. The Morgan fingerprint density at radius 3 is 2.65 bits per heavy atom. The highest BCUT2D eigenvalue weighted by Gasteiger charge is 2.28. The van der Waals surface area contributed by atoms with E-state index in [1.54, 1.807) is 20.8 Å². The first kappa shape index (κ1) is 19.0. The number of nitrogens with one attached hydrogen (secondary N) is 2. The molecule has 0 saturated carbocycles. The molecule has 0 radical (unpaired) electrons. The van der Waals surface area contributed by atoms with Crippen molar-refractivity contribution in [1.82, 2.24) is 15.5 Å². The molecule has 1 aliphatic heterocycles. The zero-order chi connectivity index (χ0) is 17.5. The molecule has 1 heterocycles. The van der Waals surface area contributed by atoms with Crippen LogP contribution in [0.15, 0.2) is 12.2 Å². The van der Waals surface area contributed by atoms with Crippen molar-refractivity contribution in [3.63, 3.8) is 0 Å². The minimum atomic E-state index is -0.733. The number of ether oxygens (including phenoxy) is 1. The second-order valence-electron chi connectivity index (χ2n) is 6.48. The maximum Gasteiger partial charge on any atom is 0.408 e. The Hall–Kier alpha value is -2.05. The van der Waals surface area contributed by atoms with Crippen molar-refractivity contribution in [3.05, 3.63) is 12.2 Å². The largest absolute Gasteiger partial charge is 0.444 e. The van der Waals surface area contributed by atoms with E-state index < -0.39 is 17.7 Å². The lowest BCUT2D eigenvalue weighted by molar-refractivity contribution is -0.137. The van der Waals surface area contributed by atoms with Gasteiger partial charge in [0.1, 0.15) is 11.6 Å². The highest BCUT2D eigenvalue weighted by Crippen LogP contribution is 2.11. The number of alkyl carbamates (subject to hydrolysis) is 1. The van der Waals surface area contributed by atoms with Crippen molar-refractivity contribution in [1.29, 1.82) is 0 Å². The van der Waals surface area contributed by atoms with Crippen LogP contribution in [0.2, 0.25) is 0 Å². The lowest BCUT2D eigenvalue weighted by Gasteiger charge is -2.27. The van der Waals surface area contributed by atoms with Gasteiger partial charge >= 0.3 is 6.09 Å². The maximum atomic E-state index is 12.6. The normalized spacial score (nSPS) is 20.8. The van der Waals surface area contributed by atoms with Crippen LogP contribution in [0.25, 0.3) is 0 Å². The molecule has 1 unspecified atom stereocenters. The van der Waals surface area contributed by atoms with Crippen molar-refractivity contribution in [2.75, 3.05) is 20.1 Å². The molecule has 0 aromatic heterocycles. The second-order valence-corrected chi connectivity index (χ2v) is 6.48. The van der Waals surface area contributed by atoms with Gasteiger partial charge in [0.25, 0.3) is 0 Å². The maximum absolute atomic E-state index is 12.6. The van der Waals surface area contributed by atoms with Crippen LogP contribution in [0, 0.1) is 0 Å². The number of allylic oxidation sites excluding steroid dienone is 1. The Kier molecular flexibility index (Phi) is 7.06. The highest BCUT2D eigenvalue weighted by atomic mass is 16.6. The van der Waals surface area contributed by atoms with Gasteiger partial charge in [-0.15, -0.1) is 0 Å². The fourth-order valence-corrected chi connectivity index (χ4v) is 2.16. The topological polar surface area (TPSA) is 87.7 Å². The van der Waals surface area contributed by atoms with Crippen molar-refractivity contribution in [3.8, 4) is 0 Å². The number of hydrogen-bond acceptors (Lipinski definition) is 4. The number of hydrogen-bond donors (Lipinski definition) is 2. The van der Waals surface area contributed by atoms with E-state index in [2.05, 4.69) is 10.6 Å². The molecule has 23 heavy (non-hydrogen) atoms. The van der Waals surface area contributed by atoms with Gasteiger partial charge in [-0.05, 0) is 40.0 Å². The minimum Gasteiger partial charge on any atom is -0.444 e. The molecule has 0 saturated heterocycles. The fourth-order valence-electron chi connectivity index (χ4n) is 2.16. The van der Waals surface area contributed by atoms with Crippen LogP contribution < -0.4 is 10.6 Å². The molecule has 3 amide bonds. The van der Waals surface area contributed by atoms with E-state index >= 15 is 0 Å². The number of amides is 3. The molecule has 0 aliphatic carbocycles. The number of likely N-dealkylation sites (N-methyl/N-ethyl adjacent to an activating group) is 1. The Morgan fingerprint density at radius 1 is 1.35 bits per heavy atom. The Bertz CT molecular complexity index is 468. The molecule has 130 valence electrons. The quantitative estimate of drug-likeness (QED) is 0.763. The van der Waals surface area contributed by atoms with E-state index in [4.69, 9.17) is 4.74 Å². The van der Waals surface area contributed by atoms with Crippen LogP contribution in [0.5, 0.6) is 0 Å². The molecule has 0 fully saturated rings. The van der Waals surface area contributed by atoms with Gasteiger partial charge in [-0.1, -0.05) is 12.2 Å². The molecule has 1 rings (SSSR count). The van der Waals surface area contributed by atoms with Crippen molar-refractivity contribution in [2.45, 2.75) is 51.7 Å². The van der Waals surface area contributed by atoms with Crippen LogP contribution in [-0.4, -0.2) is 54.6 Å². The van der Waals surface area contributed by atoms with E-state index in [1.807, 2.05) is 12.2 Å². The smallest absolute Gasteiger partial charge is 0.408 e. The standard InChI is InChI=1S/C16H27N3O4/c1-16(2,3)23-15(22)18-12-9-7-5-6-8-10-19(14(12)21)11-13(20)17-4/h5,7,12H,6,8-11H2,1-4H3,(H,17,20)(H,18,22)/b7-5-. The Morgan fingerprint density at radius 2 is 2.04 bits per heavy atom. The zero-order valence-corrected chi connectivity index (χ0v) is 14.3. The van der Waals surface area contributed by atoms with Gasteiger partial charge in [0, 0.05) is 13.6 Å². The van der Waals surface area contributed by atoms with E-state index in [9.17, 15) is 14.4 Å². The van der Waals surface area contributed by atoms with Crippen molar-refractivity contribution < 1.29 is 19.1 Å². The summed E-state index contributed by atoms with van der Waals surface area (Å²) in [6, 6.07) is -0.733. The van der Waals surface area contributed by atoms with E-state index in [1.165, 1.54) is 11.9 Å². The number of carbonyl (C=O) groups excluding carboxylic acids is 3. The van der Waals surface area contributed by atoms with Crippen molar-refractivity contribution >= 4 is 17.9 Å². The fraction of sp³-hybridized carbons (Fsp3) is 0.688. The zero-order valence-electron chi connectivity index (χ0n) is 14.3. The van der Waals surface area contributed by atoms with Crippen LogP contribution >= 0.6 is 0 Å². The first-order valence-electron chi connectivity index (χ1n) is 7.87. The van der Waals surface area contributed by atoms with Gasteiger partial charge in [0.15, 0.2) is 0 Å². The molecule has 0 aromatic rings. The van der Waals surface area contributed by atoms with Crippen molar-refractivity contribution in [2.24, 2.45) is 0 Å². The van der Waals surface area contributed by atoms with Gasteiger partial charge in [-0.3, -0.25) is 9.59 Å². The summed E-state index contributed by atoms with van der Waals surface area (Å²) < 4.78 is 5.21. The summed E-state index contributed by atoms with van der Waals surface area (Å²) in [6.45, 7) is 5.74. The van der Waals surface area contributed by atoms with Crippen LogP contribution in [0.4, 0.5) is 4.79 Å². The molecule has 2 N–H and O–H groups in total. The average Bonchev–Trinajstić information content (AvgIpc) is 2.51. The predicted molar refractivity (Wildman–Crippen MR) is 86.8 cm³/mol. The molecular weight excluding hydrogens is 298 g/mol. The number of rotatable bonds is 3. The van der Waals surface area contributed by atoms with Crippen LogP contribution in [0.1, 0.15) is 40.0 Å². The summed E-state index contributed by atoms with van der Waals surface area (Å²) >= 11 is 0. The third-order valence-corrected chi connectivity index (χ3v) is 3.25. The lowest BCUT2D eigenvalue weighted by Crippen LogP contribution is -2.51. The molecule has 0 bridgehead atoms. The summed E-state index contributed by atoms with van der Waals surface area (Å²) in [4.78, 5) is 37.7. The first-order valence-corrected chi connectivity index (χ1v) is 7.87. The van der Waals surface area contributed by atoms with E-state index in [-0.39, 0.29) is 18.4 Å². The average molecular weight is 325 g/mol. The van der Waals surface area contributed by atoms with E-state index in [0.717, 1.165) is 12.8 Å². The lowest BCUT2D eigenvalue weighted by atomic mass is 10.1. The molecule has 7 heteroatoms. The molecular formula is C16H27N3O4. The van der Waals surface area contributed by atoms with Gasteiger partial charge in [-0.2, -0.15) is 0 Å². The third kappa shape index (κ3) is 7.17. The molecule has 1 aliphatic rings. The van der Waals surface area contributed by atoms with Gasteiger partial charge < -0.3 is 20.3 Å². The molecule has 0 spiro atoms. The van der Waals surface area contributed by atoms with Gasteiger partial charge in [-0.25, -0.2) is 4.79 Å². The monoisotopic (exact) mass is 325 g/mol. The summed E-state index contributed by atoms with van der Waals surface area (Å²) in [7, 11) is 1.53. The van der Waals surface area contributed by atoms with E-state index in [0.29, 0.717) is 13.0 Å². The Labute approximate surface area is 137 Å². The van der Waals surface area contributed by atoms with Gasteiger partial charge in [0.2, 0.25) is 11.8 Å². The molecule has 7 nitrogen and oxygen atoms in total. The highest BCUT2D eigenvalue weighted by molar-refractivity contribution is 5.89. The minimum absolute atomic E-state index is 0.0121. The number of nitrogens with zero attached hydrogens (tertiary/aromatic N) is 1. The third-order valence-electron chi connectivity index (χ3n) is 3.25. The van der Waals surface area contributed by atoms with Crippen LogP contribution in [0.3, 0.4) is 0 Å². The number of carbonyl (C=O) groups is 3. The van der Waals surface area contributed by atoms with Gasteiger partial charge in [0.05, 0.1) is 6.54 Å². The summed E-state index contributed by atoms with van der Waals surface area (Å²) in [6.07, 6.45) is 5.21.